The first-order valence-electron chi connectivity index (χ1n) is 5.72. The summed E-state index contributed by atoms with van der Waals surface area (Å²) in [7, 11) is 3.09. The van der Waals surface area contributed by atoms with Crippen molar-refractivity contribution in [2.75, 3.05) is 19.1 Å². The van der Waals surface area contributed by atoms with Gasteiger partial charge in [-0.15, -0.1) is 0 Å². The SMILES string of the molecule is COCc1nc(Cl)cc(N(C)C(=O)OC(C)(C)C)n1. The quantitative estimate of drug-likeness (QED) is 0.800. The van der Waals surface area contributed by atoms with E-state index in [1.807, 2.05) is 0 Å². The molecule has 0 aliphatic rings. The van der Waals surface area contributed by atoms with Crippen LogP contribution in [0.3, 0.4) is 0 Å². The summed E-state index contributed by atoms with van der Waals surface area (Å²) in [5.74, 6) is 0.765. The van der Waals surface area contributed by atoms with Gasteiger partial charge in [0, 0.05) is 20.2 Å². The third kappa shape index (κ3) is 5.00. The fraction of sp³-hybridized carbons (Fsp3) is 0.583. The number of carbonyl (C=O) groups is 1. The number of methoxy groups -OCH3 is 1. The maximum absolute atomic E-state index is 11.9. The summed E-state index contributed by atoms with van der Waals surface area (Å²) in [4.78, 5) is 21.4. The standard InChI is InChI=1S/C12H18ClN3O3/c1-12(2,3)19-11(17)16(4)10-6-8(13)14-9(15-10)7-18-5/h6H,7H2,1-5H3. The van der Waals surface area contributed by atoms with Gasteiger partial charge in [0.2, 0.25) is 0 Å². The fourth-order valence-corrected chi connectivity index (χ4v) is 1.44. The van der Waals surface area contributed by atoms with E-state index in [-0.39, 0.29) is 11.8 Å². The van der Waals surface area contributed by atoms with Crippen molar-refractivity contribution < 1.29 is 14.3 Å². The molecule has 0 saturated carbocycles. The zero-order valence-corrected chi connectivity index (χ0v) is 12.5. The molecule has 0 radical (unpaired) electrons. The number of nitrogens with zero attached hydrogens (tertiary/aromatic N) is 3. The van der Waals surface area contributed by atoms with E-state index < -0.39 is 11.7 Å². The normalized spacial score (nSPS) is 11.3. The van der Waals surface area contributed by atoms with E-state index in [0.29, 0.717) is 11.6 Å². The zero-order valence-electron chi connectivity index (χ0n) is 11.7. The second-order valence-electron chi connectivity index (χ2n) is 4.94. The number of rotatable bonds is 3. The summed E-state index contributed by atoms with van der Waals surface area (Å²) in [6.45, 7) is 5.60. The van der Waals surface area contributed by atoms with Gasteiger partial charge in [-0.25, -0.2) is 14.8 Å². The highest BCUT2D eigenvalue weighted by molar-refractivity contribution is 6.29. The third-order valence-electron chi connectivity index (χ3n) is 2.01. The highest BCUT2D eigenvalue weighted by Crippen LogP contribution is 2.18. The molecule has 0 aromatic carbocycles. The highest BCUT2D eigenvalue weighted by Gasteiger charge is 2.22. The van der Waals surface area contributed by atoms with Crippen LogP contribution < -0.4 is 4.90 Å². The van der Waals surface area contributed by atoms with Gasteiger partial charge in [-0.1, -0.05) is 11.6 Å². The summed E-state index contributed by atoms with van der Waals surface area (Å²) in [5, 5.41) is 0.243. The molecular weight excluding hydrogens is 270 g/mol. The molecule has 1 aromatic heterocycles. The van der Waals surface area contributed by atoms with Gasteiger partial charge in [0.05, 0.1) is 0 Å². The maximum Gasteiger partial charge on any atom is 0.415 e. The smallest absolute Gasteiger partial charge is 0.415 e. The molecule has 0 saturated heterocycles. The van der Waals surface area contributed by atoms with Gasteiger partial charge in [0.25, 0.3) is 0 Å². The van der Waals surface area contributed by atoms with Crippen molar-refractivity contribution in [2.24, 2.45) is 0 Å². The molecule has 0 bridgehead atoms. The van der Waals surface area contributed by atoms with Crippen LogP contribution in [0.5, 0.6) is 0 Å². The summed E-state index contributed by atoms with van der Waals surface area (Å²) >= 11 is 5.88. The number of aromatic nitrogens is 2. The third-order valence-corrected chi connectivity index (χ3v) is 2.21. The van der Waals surface area contributed by atoms with Crippen LogP contribution in [0, 0.1) is 0 Å². The van der Waals surface area contributed by atoms with Crippen LogP contribution in [0.4, 0.5) is 10.6 Å². The van der Waals surface area contributed by atoms with Crippen LogP contribution in [0.15, 0.2) is 6.07 Å². The minimum absolute atomic E-state index is 0.218. The summed E-state index contributed by atoms with van der Waals surface area (Å²) < 4.78 is 10.2. The van der Waals surface area contributed by atoms with Crippen LogP contribution in [-0.2, 0) is 16.1 Å². The first kappa shape index (κ1) is 15.7. The van der Waals surface area contributed by atoms with E-state index in [0.717, 1.165) is 0 Å². The van der Waals surface area contributed by atoms with Gasteiger partial charge in [0.1, 0.15) is 23.2 Å². The van der Waals surface area contributed by atoms with Crippen molar-refractivity contribution in [3.05, 3.63) is 17.0 Å². The van der Waals surface area contributed by atoms with E-state index in [2.05, 4.69) is 9.97 Å². The zero-order chi connectivity index (χ0) is 14.6. The Hall–Kier alpha value is -1.40. The van der Waals surface area contributed by atoms with Crippen molar-refractivity contribution in [3.63, 3.8) is 0 Å². The second kappa shape index (κ2) is 6.16. The number of amides is 1. The van der Waals surface area contributed by atoms with E-state index in [4.69, 9.17) is 21.1 Å². The Morgan fingerprint density at radius 3 is 2.58 bits per heavy atom. The fourth-order valence-electron chi connectivity index (χ4n) is 1.24. The topological polar surface area (TPSA) is 64.5 Å². The summed E-state index contributed by atoms with van der Waals surface area (Å²) in [6, 6.07) is 1.49. The van der Waals surface area contributed by atoms with Crippen molar-refractivity contribution in [3.8, 4) is 0 Å². The average Bonchev–Trinajstić information content (AvgIpc) is 2.25. The molecule has 0 spiro atoms. The minimum Gasteiger partial charge on any atom is -0.443 e. The molecule has 0 N–H and O–H groups in total. The van der Waals surface area contributed by atoms with E-state index in [1.54, 1.807) is 27.8 Å². The van der Waals surface area contributed by atoms with E-state index in [1.165, 1.54) is 18.1 Å². The number of anilines is 1. The molecule has 7 heteroatoms. The van der Waals surface area contributed by atoms with Crippen LogP contribution >= 0.6 is 11.6 Å². The molecular formula is C12H18ClN3O3. The van der Waals surface area contributed by atoms with E-state index >= 15 is 0 Å². The first-order chi connectivity index (χ1) is 8.73. The molecule has 6 nitrogen and oxygen atoms in total. The Morgan fingerprint density at radius 2 is 2.05 bits per heavy atom. The Balaban J connectivity index is 2.92. The molecule has 0 unspecified atom stereocenters. The van der Waals surface area contributed by atoms with Gasteiger partial charge >= 0.3 is 6.09 Å². The Kier molecular flexibility index (Phi) is 5.08. The molecule has 1 amide bonds. The first-order valence-corrected chi connectivity index (χ1v) is 6.10. The summed E-state index contributed by atoms with van der Waals surface area (Å²) in [5.41, 5.74) is -0.572. The lowest BCUT2D eigenvalue weighted by atomic mass is 10.2. The Bertz CT molecular complexity index is 460. The predicted octanol–water partition coefficient (Wildman–Crippen LogP) is 2.65. The number of hydrogen-bond acceptors (Lipinski definition) is 5. The molecule has 0 atom stereocenters. The Labute approximate surface area is 117 Å². The van der Waals surface area contributed by atoms with Gasteiger partial charge in [-0.3, -0.25) is 4.90 Å². The Morgan fingerprint density at radius 1 is 1.42 bits per heavy atom. The molecule has 19 heavy (non-hydrogen) atoms. The second-order valence-corrected chi connectivity index (χ2v) is 5.32. The summed E-state index contributed by atoms with van der Waals surface area (Å²) in [6.07, 6.45) is -0.509. The average molecular weight is 288 g/mol. The molecule has 106 valence electrons. The molecule has 0 fully saturated rings. The minimum atomic E-state index is -0.572. The lowest BCUT2D eigenvalue weighted by Crippen LogP contribution is -2.34. The van der Waals surface area contributed by atoms with Crippen molar-refractivity contribution in [1.29, 1.82) is 0 Å². The molecule has 0 aliphatic heterocycles. The number of halogens is 1. The van der Waals surface area contributed by atoms with Crippen LogP contribution in [0.25, 0.3) is 0 Å². The monoisotopic (exact) mass is 287 g/mol. The van der Waals surface area contributed by atoms with Crippen molar-refractivity contribution >= 4 is 23.5 Å². The molecule has 1 aromatic rings. The van der Waals surface area contributed by atoms with Gasteiger partial charge in [-0.2, -0.15) is 0 Å². The van der Waals surface area contributed by atoms with Gasteiger partial charge in [0.15, 0.2) is 5.82 Å². The largest absolute Gasteiger partial charge is 0.443 e. The van der Waals surface area contributed by atoms with Crippen LogP contribution in [-0.4, -0.2) is 35.8 Å². The maximum atomic E-state index is 11.9. The number of carbonyl (C=O) groups excluding carboxylic acids is 1. The number of ether oxygens (including phenoxy) is 2. The molecule has 1 heterocycles. The van der Waals surface area contributed by atoms with Gasteiger partial charge < -0.3 is 9.47 Å². The lowest BCUT2D eigenvalue weighted by molar-refractivity contribution is 0.0588. The number of hydrogen-bond donors (Lipinski definition) is 0. The van der Waals surface area contributed by atoms with E-state index in [9.17, 15) is 4.79 Å². The molecule has 0 aliphatic carbocycles. The van der Waals surface area contributed by atoms with Crippen LogP contribution in [0.1, 0.15) is 26.6 Å². The van der Waals surface area contributed by atoms with Crippen molar-refractivity contribution in [2.45, 2.75) is 33.0 Å². The highest BCUT2D eigenvalue weighted by atomic mass is 35.5. The lowest BCUT2D eigenvalue weighted by Gasteiger charge is -2.24. The van der Waals surface area contributed by atoms with Crippen molar-refractivity contribution in [1.82, 2.24) is 9.97 Å². The van der Waals surface area contributed by atoms with Crippen LogP contribution in [0.2, 0.25) is 5.15 Å². The predicted molar refractivity (Wildman–Crippen MR) is 72.4 cm³/mol. The van der Waals surface area contributed by atoms with Gasteiger partial charge in [-0.05, 0) is 20.8 Å². The molecule has 1 rings (SSSR count).